The fourth-order valence-corrected chi connectivity index (χ4v) is 0.525. The molecule has 0 aliphatic carbocycles. The van der Waals surface area contributed by atoms with Crippen LogP contribution in [0.4, 0.5) is 5.82 Å². The van der Waals surface area contributed by atoms with Gasteiger partial charge >= 0.3 is 5.82 Å². The molecule has 0 aliphatic rings. The lowest BCUT2D eigenvalue weighted by Crippen LogP contribution is -1.98. The van der Waals surface area contributed by atoms with Gasteiger partial charge in [-0.3, -0.25) is 4.79 Å². The van der Waals surface area contributed by atoms with Crippen LogP contribution in [0.2, 0.25) is 0 Å². The van der Waals surface area contributed by atoms with Crippen molar-refractivity contribution in [1.29, 1.82) is 0 Å². The number of ketones is 1. The lowest BCUT2D eigenvalue weighted by atomic mass is 10.3. The third-order valence-corrected chi connectivity index (χ3v) is 0.978. The molecule has 0 N–H and O–H groups in total. The molecule has 0 aliphatic heterocycles. The van der Waals surface area contributed by atoms with Gasteiger partial charge in [-0.1, -0.05) is 0 Å². The van der Waals surface area contributed by atoms with E-state index in [2.05, 4.69) is 14.9 Å². The maximum absolute atomic E-state index is 10.6. The monoisotopic (exact) mass is 157 g/mol. The summed E-state index contributed by atoms with van der Waals surface area (Å²) >= 11 is 0. The molecule has 1 rings (SSSR count). The zero-order chi connectivity index (χ0) is 8.43. The van der Waals surface area contributed by atoms with Crippen molar-refractivity contribution in [3.63, 3.8) is 0 Å². The standard InChI is InChI=1S/C4H3N3O4/c1-2(8)3-4(7(9)10)6-11-5-3/h1H3. The van der Waals surface area contributed by atoms with E-state index in [0.717, 1.165) is 6.92 Å². The third kappa shape index (κ3) is 1.20. The summed E-state index contributed by atoms with van der Waals surface area (Å²) in [4.78, 5) is 19.8. The van der Waals surface area contributed by atoms with E-state index in [-0.39, 0.29) is 5.69 Å². The first-order chi connectivity index (χ1) is 5.13. The van der Waals surface area contributed by atoms with E-state index in [1.807, 2.05) is 0 Å². The molecule has 1 aromatic heterocycles. The average molecular weight is 157 g/mol. The van der Waals surface area contributed by atoms with E-state index in [4.69, 9.17) is 0 Å². The van der Waals surface area contributed by atoms with Gasteiger partial charge in [-0.05, 0) is 10.1 Å². The molecule has 0 spiro atoms. The van der Waals surface area contributed by atoms with Crippen LogP contribution in [-0.2, 0) is 0 Å². The van der Waals surface area contributed by atoms with Crippen LogP contribution >= 0.6 is 0 Å². The molecule has 1 heterocycles. The number of hydrogen-bond donors (Lipinski definition) is 0. The van der Waals surface area contributed by atoms with Crippen LogP contribution in [-0.4, -0.2) is 21.0 Å². The number of Topliss-reactive ketones (excluding diaryl/α,β-unsaturated/α-hetero) is 1. The number of hydrogen-bond acceptors (Lipinski definition) is 6. The van der Waals surface area contributed by atoms with Gasteiger partial charge in [0.25, 0.3) is 5.69 Å². The molecule has 0 bridgehead atoms. The van der Waals surface area contributed by atoms with Crippen LogP contribution in [0, 0.1) is 10.1 Å². The number of rotatable bonds is 2. The first-order valence-electron chi connectivity index (χ1n) is 2.61. The Morgan fingerprint density at radius 3 is 2.64 bits per heavy atom. The highest BCUT2D eigenvalue weighted by atomic mass is 16.6. The topological polar surface area (TPSA) is 99.1 Å². The largest absolute Gasteiger partial charge is 0.445 e. The number of nitrogens with zero attached hydrogens (tertiary/aromatic N) is 3. The van der Waals surface area contributed by atoms with Crippen LogP contribution in [0.3, 0.4) is 0 Å². The van der Waals surface area contributed by atoms with E-state index in [1.165, 1.54) is 0 Å². The molecule has 0 saturated heterocycles. The van der Waals surface area contributed by atoms with Gasteiger partial charge in [0.2, 0.25) is 0 Å². The normalized spacial score (nSPS) is 9.55. The lowest BCUT2D eigenvalue weighted by Gasteiger charge is -1.85. The van der Waals surface area contributed by atoms with E-state index in [9.17, 15) is 14.9 Å². The van der Waals surface area contributed by atoms with Gasteiger partial charge in [-0.15, -0.1) is 4.63 Å². The first kappa shape index (κ1) is 7.32. The zero-order valence-corrected chi connectivity index (χ0v) is 5.47. The van der Waals surface area contributed by atoms with Crippen molar-refractivity contribution in [2.75, 3.05) is 0 Å². The van der Waals surface area contributed by atoms with Crippen molar-refractivity contribution in [2.45, 2.75) is 6.92 Å². The number of carbonyl (C=O) groups excluding carboxylic acids is 1. The summed E-state index contributed by atoms with van der Waals surface area (Å²) < 4.78 is 4.01. The van der Waals surface area contributed by atoms with E-state index in [1.54, 1.807) is 0 Å². The summed E-state index contributed by atoms with van der Waals surface area (Å²) in [5.74, 6) is -1.18. The van der Waals surface area contributed by atoms with Crippen LogP contribution in [0.5, 0.6) is 0 Å². The molecule has 7 heteroatoms. The van der Waals surface area contributed by atoms with E-state index in [0.29, 0.717) is 0 Å². The average Bonchev–Trinajstić information content (AvgIpc) is 2.32. The fourth-order valence-electron chi connectivity index (χ4n) is 0.525. The summed E-state index contributed by atoms with van der Waals surface area (Å²) in [6.07, 6.45) is 0. The quantitative estimate of drug-likeness (QED) is 0.345. The van der Waals surface area contributed by atoms with Gasteiger partial charge in [0.15, 0.2) is 10.9 Å². The Bertz CT molecular complexity index is 276. The van der Waals surface area contributed by atoms with Gasteiger partial charge in [0, 0.05) is 6.92 Å². The van der Waals surface area contributed by atoms with E-state index < -0.39 is 16.5 Å². The van der Waals surface area contributed by atoms with Crippen molar-refractivity contribution in [3.05, 3.63) is 15.8 Å². The first-order valence-corrected chi connectivity index (χ1v) is 2.61. The zero-order valence-electron chi connectivity index (χ0n) is 5.47. The SMILES string of the molecule is CC(=O)c1nonc1[N+](=O)[O-]. The molecule has 0 atom stereocenters. The van der Waals surface area contributed by atoms with Crippen LogP contribution in [0.15, 0.2) is 4.63 Å². The maximum Gasteiger partial charge on any atom is 0.445 e. The maximum atomic E-state index is 10.6. The molecule has 0 saturated carbocycles. The minimum atomic E-state index is -0.826. The molecule has 0 unspecified atom stereocenters. The van der Waals surface area contributed by atoms with E-state index >= 15 is 0 Å². The number of aromatic nitrogens is 2. The Kier molecular flexibility index (Phi) is 1.63. The molecule has 0 fully saturated rings. The van der Waals surface area contributed by atoms with Crippen molar-refractivity contribution >= 4 is 11.6 Å². The van der Waals surface area contributed by atoms with Crippen LogP contribution < -0.4 is 0 Å². The summed E-state index contributed by atoms with van der Waals surface area (Å²) in [6, 6.07) is 0. The molecule has 1 aromatic rings. The highest BCUT2D eigenvalue weighted by molar-refractivity contribution is 5.94. The Labute approximate surface area is 60.1 Å². The second-order valence-electron chi connectivity index (χ2n) is 1.75. The highest BCUT2D eigenvalue weighted by Gasteiger charge is 2.25. The van der Waals surface area contributed by atoms with Crippen LogP contribution in [0.1, 0.15) is 17.4 Å². The summed E-state index contributed by atoms with van der Waals surface area (Å²) in [6.45, 7) is 1.15. The van der Waals surface area contributed by atoms with Crippen molar-refractivity contribution < 1.29 is 14.3 Å². The summed E-state index contributed by atoms with van der Waals surface area (Å²) in [5, 5.41) is 16.1. The smallest absolute Gasteiger partial charge is 0.358 e. The Hall–Kier alpha value is -1.79. The minimum Gasteiger partial charge on any atom is -0.358 e. The highest BCUT2D eigenvalue weighted by Crippen LogP contribution is 2.11. The summed E-state index contributed by atoms with van der Waals surface area (Å²) in [7, 11) is 0. The van der Waals surface area contributed by atoms with Crippen molar-refractivity contribution in [1.82, 2.24) is 10.3 Å². The minimum absolute atomic E-state index is 0.352. The van der Waals surface area contributed by atoms with Crippen molar-refractivity contribution in [2.24, 2.45) is 0 Å². The fraction of sp³-hybridized carbons (Fsp3) is 0.250. The lowest BCUT2D eigenvalue weighted by molar-refractivity contribution is -0.391. The van der Waals surface area contributed by atoms with Crippen LogP contribution in [0.25, 0.3) is 0 Å². The number of nitro groups is 1. The Morgan fingerprint density at radius 1 is 1.64 bits per heavy atom. The molecular weight excluding hydrogens is 154 g/mol. The molecule has 58 valence electrons. The van der Waals surface area contributed by atoms with Crippen molar-refractivity contribution in [3.8, 4) is 0 Å². The summed E-state index contributed by atoms with van der Waals surface area (Å²) in [5.41, 5.74) is -0.352. The number of carbonyl (C=O) groups is 1. The van der Waals surface area contributed by atoms with Gasteiger partial charge in [0.05, 0.1) is 0 Å². The molecule has 11 heavy (non-hydrogen) atoms. The second kappa shape index (κ2) is 2.45. The molecule has 0 aromatic carbocycles. The Balaban J connectivity index is 3.16. The molecule has 0 radical (unpaired) electrons. The van der Waals surface area contributed by atoms with Gasteiger partial charge in [-0.2, -0.15) is 0 Å². The predicted octanol–water partition coefficient (Wildman–Crippen LogP) is 0.180. The van der Waals surface area contributed by atoms with Gasteiger partial charge in [-0.25, -0.2) is 0 Å². The molecule has 0 amide bonds. The second-order valence-corrected chi connectivity index (χ2v) is 1.75. The molecule has 7 nitrogen and oxygen atoms in total. The van der Waals surface area contributed by atoms with Gasteiger partial charge < -0.3 is 10.1 Å². The van der Waals surface area contributed by atoms with Gasteiger partial charge in [0.1, 0.15) is 0 Å². The Morgan fingerprint density at radius 2 is 2.27 bits per heavy atom. The predicted molar refractivity (Wildman–Crippen MR) is 31.0 cm³/mol. The molecular formula is C4H3N3O4. The third-order valence-electron chi connectivity index (χ3n) is 0.978.